The number of ether oxygens (including phenoxy) is 1. The average Bonchev–Trinajstić information content (AvgIpc) is 2.26. The molecule has 1 N–H and O–H groups in total. The molecule has 0 saturated carbocycles. The lowest BCUT2D eigenvalue weighted by molar-refractivity contribution is -0.156. The number of rotatable bonds is 3. The Bertz CT molecular complexity index is 526. The highest BCUT2D eigenvalue weighted by atomic mass is 79.9. The maximum absolute atomic E-state index is 12.1. The van der Waals surface area contributed by atoms with Crippen molar-refractivity contribution in [3.8, 4) is 0 Å². The molecule has 0 unspecified atom stereocenters. The van der Waals surface area contributed by atoms with E-state index in [2.05, 4.69) is 21.2 Å². The standard InChI is InChI=1S/C14H17BrClNO3/c1-8(13(19)20-14(2,3)4)17-12(18)10-6-5-9(16)7-11(10)15/h5-8H,1-4H3,(H,17,18)/t8-/m1/s1. The Balaban J connectivity index is 2.73. The van der Waals surface area contributed by atoms with Gasteiger partial charge >= 0.3 is 5.97 Å². The Morgan fingerprint density at radius 1 is 1.35 bits per heavy atom. The van der Waals surface area contributed by atoms with Gasteiger partial charge in [0.15, 0.2) is 0 Å². The smallest absolute Gasteiger partial charge is 0.328 e. The van der Waals surface area contributed by atoms with Crippen LogP contribution < -0.4 is 5.32 Å². The maximum Gasteiger partial charge on any atom is 0.328 e. The predicted molar refractivity (Wildman–Crippen MR) is 81.9 cm³/mol. The summed E-state index contributed by atoms with van der Waals surface area (Å²) in [6, 6.07) is 4.08. The Morgan fingerprint density at radius 3 is 2.45 bits per heavy atom. The molecular weight excluding hydrogens is 346 g/mol. The minimum atomic E-state index is -0.732. The number of benzene rings is 1. The van der Waals surface area contributed by atoms with Gasteiger partial charge in [0.1, 0.15) is 11.6 Å². The molecule has 0 aromatic heterocycles. The van der Waals surface area contributed by atoms with Crippen molar-refractivity contribution in [3.05, 3.63) is 33.3 Å². The van der Waals surface area contributed by atoms with Gasteiger partial charge in [-0.15, -0.1) is 0 Å². The topological polar surface area (TPSA) is 55.4 Å². The lowest BCUT2D eigenvalue weighted by atomic mass is 10.2. The molecule has 1 aromatic rings. The van der Waals surface area contributed by atoms with Gasteiger partial charge in [-0.05, 0) is 61.8 Å². The van der Waals surface area contributed by atoms with Crippen LogP contribution in [0, 0.1) is 0 Å². The molecule has 0 aliphatic rings. The Labute approximate surface area is 132 Å². The Hall–Kier alpha value is -1.07. The van der Waals surface area contributed by atoms with E-state index in [0.717, 1.165) is 0 Å². The summed E-state index contributed by atoms with van der Waals surface area (Å²) in [4.78, 5) is 23.9. The van der Waals surface area contributed by atoms with Crippen molar-refractivity contribution in [3.63, 3.8) is 0 Å². The SMILES string of the molecule is C[C@@H](NC(=O)c1ccc(Cl)cc1Br)C(=O)OC(C)(C)C. The number of nitrogens with one attached hydrogen (secondary N) is 1. The fourth-order valence-corrected chi connectivity index (χ4v) is 2.26. The molecule has 0 spiro atoms. The maximum atomic E-state index is 12.1. The largest absolute Gasteiger partial charge is 0.458 e. The van der Waals surface area contributed by atoms with Crippen LogP contribution in [0.5, 0.6) is 0 Å². The van der Waals surface area contributed by atoms with Crippen molar-refractivity contribution in [1.82, 2.24) is 5.32 Å². The van der Waals surface area contributed by atoms with Crippen molar-refractivity contribution in [2.75, 3.05) is 0 Å². The van der Waals surface area contributed by atoms with Gasteiger partial charge in [-0.2, -0.15) is 0 Å². The molecule has 6 heteroatoms. The number of carbonyl (C=O) groups excluding carboxylic acids is 2. The normalized spacial score (nSPS) is 12.7. The van der Waals surface area contributed by atoms with E-state index < -0.39 is 17.6 Å². The summed E-state index contributed by atoms with van der Waals surface area (Å²) in [5, 5.41) is 3.11. The molecule has 0 bridgehead atoms. The first-order valence-corrected chi connectivity index (χ1v) is 7.26. The molecule has 20 heavy (non-hydrogen) atoms. The van der Waals surface area contributed by atoms with Crippen LogP contribution in [0.15, 0.2) is 22.7 Å². The van der Waals surface area contributed by atoms with Gasteiger partial charge in [-0.25, -0.2) is 4.79 Å². The van der Waals surface area contributed by atoms with Crippen LogP contribution in [0.2, 0.25) is 5.02 Å². The quantitative estimate of drug-likeness (QED) is 0.836. The summed E-state index contributed by atoms with van der Waals surface area (Å²) in [6.45, 7) is 6.90. The monoisotopic (exact) mass is 361 g/mol. The molecule has 1 rings (SSSR count). The van der Waals surface area contributed by atoms with E-state index in [0.29, 0.717) is 15.1 Å². The minimum Gasteiger partial charge on any atom is -0.458 e. The summed E-state index contributed by atoms with van der Waals surface area (Å²) < 4.78 is 5.77. The zero-order valence-electron chi connectivity index (χ0n) is 11.8. The molecule has 1 aromatic carbocycles. The van der Waals surface area contributed by atoms with Crippen LogP contribution in [0.25, 0.3) is 0 Å². The van der Waals surface area contributed by atoms with Gasteiger partial charge < -0.3 is 10.1 Å². The molecule has 0 fully saturated rings. The van der Waals surface area contributed by atoms with Gasteiger partial charge in [0.25, 0.3) is 5.91 Å². The van der Waals surface area contributed by atoms with Gasteiger partial charge in [0.2, 0.25) is 0 Å². The molecule has 0 saturated heterocycles. The zero-order chi connectivity index (χ0) is 15.5. The Kier molecular flexibility index (Phi) is 5.59. The summed E-state index contributed by atoms with van der Waals surface area (Å²) >= 11 is 9.08. The first-order chi connectivity index (χ1) is 9.10. The molecule has 1 amide bonds. The van der Waals surface area contributed by atoms with E-state index in [1.54, 1.807) is 45.9 Å². The van der Waals surface area contributed by atoms with Crippen LogP contribution in [0.3, 0.4) is 0 Å². The summed E-state index contributed by atoms with van der Waals surface area (Å²) in [7, 11) is 0. The van der Waals surface area contributed by atoms with Crippen molar-refractivity contribution in [2.45, 2.75) is 39.3 Å². The van der Waals surface area contributed by atoms with Crippen molar-refractivity contribution in [2.24, 2.45) is 0 Å². The van der Waals surface area contributed by atoms with Crippen LogP contribution in [-0.2, 0) is 9.53 Å². The lowest BCUT2D eigenvalue weighted by Crippen LogP contribution is -2.42. The number of amides is 1. The van der Waals surface area contributed by atoms with Gasteiger partial charge in [-0.3, -0.25) is 4.79 Å². The van der Waals surface area contributed by atoms with E-state index in [9.17, 15) is 9.59 Å². The summed E-state index contributed by atoms with van der Waals surface area (Å²) in [5.41, 5.74) is -0.179. The van der Waals surface area contributed by atoms with E-state index in [-0.39, 0.29) is 5.91 Å². The third-order valence-electron chi connectivity index (χ3n) is 2.28. The second-order valence-electron chi connectivity index (χ2n) is 5.35. The number of halogens is 2. The second kappa shape index (κ2) is 6.59. The number of esters is 1. The lowest BCUT2D eigenvalue weighted by Gasteiger charge is -2.22. The number of hydrogen-bond acceptors (Lipinski definition) is 3. The van der Waals surface area contributed by atoms with Crippen LogP contribution in [-0.4, -0.2) is 23.5 Å². The molecular formula is C14H17BrClNO3. The highest BCUT2D eigenvalue weighted by Gasteiger charge is 2.23. The van der Waals surface area contributed by atoms with E-state index >= 15 is 0 Å². The summed E-state index contributed by atoms with van der Waals surface area (Å²) in [6.07, 6.45) is 0. The van der Waals surface area contributed by atoms with Crippen LogP contribution in [0.4, 0.5) is 0 Å². The minimum absolute atomic E-state index is 0.369. The molecule has 0 radical (unpaired) electrons. The highest BCUT2D eigenvalue weighted by molar-refractivity contribution is 9.10. The van der Waals surface area contributed by atoms with E-state index in [1.165, 1.54) is 0 Å². The second-order valence-corrected chi connectivity index (χ2v) is 6.64. The highest BCUT2D eigenvalue weighted by Crippen LogP contribution is 2.21. The van der Waals surface area contributed by atoms with E-state index in [4.69, 9.17) is 16.3 Å². The molecule has 0 heterocycles. The zero-order valence-corrected chi connectivity index (χ0v) is 14.1. The van der Waals surface area contributed by atoms with Crippen LogP contribution in [0.1, 0.15) is 38.1 Å². The third kappa shape index (κ3) is 5.13. The molecule has 110 valence electrons. The van der Waals surface area contributed by atoms with Gasteiger partial charge in [-0.1, -0.05) is 11.6 Å². The molecule has 1 atom stereocenters. The number of carbonyl (C=O) groups is 2. The fourth-order valence-electron chi connectivity index (χ4n) is 1.40. The van der Waals surface area contributed by atoms with Gasteiger partial charge in [0.05, 0.1) is 5.56 Å². The van der Waals surface area contributed by atoms with Crippen molar-refractivity contribution >= 4 is 39.4 Å². The summed E-state index contributed by atoms with van der Waals surface area (Å²) in [5.74, 6) is -0.845. The van der Waals surface area contributed by atoms with Crippen molar-refractivity contribution in [1.29, 1.82) is 0 Å². The van der Waals surface area contributed by atoms with E-state index in [1.807, 2.05) is 0 Å². The van der Waals surface area contributed by atoms with Crippen molar-refractivity contribution < 1.29 is 14.3 Å². The molecule has 4 nitrogen and oxygen atoms in total. The fraction of sp³-hybridized carbons (Fsp3) is 0.429. The first kappa shape index (κ1) is 17.0. The molecule has 0 aliphatic heterocycles. The predicted octanol–water partition coefficient (Wildman–Crippen LogP) is 3.56. The molecule has 0 aliphatic carbocycles. The van der Waals surface area contributed by atoms with Crippen LogP contribution >= 0.6 is 27.5 Å². The third-order valence-corrected chi connectivity index (χ3v) is 3.17. The first-order valence-electron chi connectivity index (χ1n) is 6.09. The van der Waals surface area contributed by atoms with Gasteiger partial charge in [0, 0.05) is 9.50 Å². The average molecular weight is 363 g/mol. The Morgan fingerprint density at radius 2 is 1.95 bits per heavy atom. The number of hydrogen-bond donors (Lipinski definition) is 1.